The van der Waals surface area contributed by atoms with Gasteiger partial charge < -0.3 is 15.7 Å². The molecule has 2 rings (SSSR count). The van der Waals surface area contributed by atoms with Crippen molar-refractivity contribution in [3.05, 3.63) is 17.8 Å². The predicted octanol–water partition coefficient (Wildman–Crippen LogP) is 1.28. The highest BCUT2D eigenvalue weighted by molar-refractivity contribution is 5.92. The Labute approximate surface area is 123 Å². The minimum absolute atomic E-state index is 0.171. The summed E-state index contributed by atoms with van der Waals surface area (Å²) in [6, 6.07) is 3.29. The second kappa shape index (κ2) is 6.51. The number of carbonyl (C=O) groups is 2. The third-order valence-electron chi connectivity index (χ3n) is 3.82. The molecule has 1 aliphatic carbocycles. The van der Waals surface area contributed by atoms with E-state index in [0.29, 0.717) is 18.9 Å². The number of aromatic nitrogens is 2. The lowest BCUT2D eigenvalue weighted by Crippen LogP contribution is -2.38. The van der Waals surface area contributed by atoms with E-state index in [0.717, 1.165) is 19.3 Å². The van der Waals surface area contributed by atoms with Gasteiger partial charge in [-0.2, -0.15) is 0 Å². The Bertz CT molecular complexity index is 511. The van der Waals surface area contributed by atoms with Crippen molar-refractivity contribution < 1.29 is 14.7 Å². The second-order valence-corrected chi connectivity index (χ2v) is 5.44. The number of anilines is 1. The molecular weight excluding hydrogens is 272 g/mol. The van der Waals surface area contributed by atoms with E-state index >= 15 is 0 Å². The molecule has 1 aliphatic rings. The van der Waals surface area contributed by atoms with Crippen LogP contribution in [0.2, 0.25) is 0 Å². The van der Waals surface area contributed by atoms with Crippen molar-refractivity contribution in [1.29, 1.82) is 0 Å². The maximum Gasteiger partial charge on any atom is 0.303 e. The number of carboxylic acids is 1. The van der Waals surface area contributed by atoms with Crippen LogP contribution in [0.4, 0.5) is 5.82 Å². The van der Waals surface area contributed by atoms with Gasteiger partial charge in [0.15, 0.2) is 5.69 Å². The van der Waals surface area contributed by atoms with Crippen molar-refractivity contribution in [2.24, 2.45) is 5.41 Å². The summed E-state index contributed by atoms with van der Waals surface area (Å²) in [5, 5.41) is 22.5. The van der Waals surface area contributed by atoms with Gasteiger partial charge in [-0.3, -0.25) is 9.59 Å². The molecule has 1 aromatic rings. The van der Waals surface area contributed by atoms with Crippen molar-refractivity contribution in [2.75, 3.05) is 18.4 Å². The molecule has 0 radical (unpaired) electrons. The molecule has 21 heavy (non-hydrogen) atoms. The van der Waals surface area contributed by atoms with Gasteiger partial charge in [-0.1, -0.05) is 6.42 Å². The minimum atomic E-state index is -0.769. The molecule has 1 fully saturated rings. The van der Waals surface area contributed by atoms with Crippen LogP contribution < -0.4 is 10.6 Å². The van der Waals surface area contributed by atoms with Crippen LogP contribution in [0.15, 0.2) is 12.1 Å². The summed E-state index contributed by atoms with van der Waals surface area (Å²) < 4.78 is 0. The molecule has 114 valence electrons. The predicted molar refractivity (Wildman–Crippen MR) is 77.1 cm³/mol. The lowest BCUT2D eigenvalue weighted by atomic mass is 9.66. The van der Waals surface area contributed by atoms with Crippen molar-refractivity contribution in [3.8, 4) is 0 Å². The van der Waals surface area contributed by atoms with Gasteiger partial charge in [-0.25, -0.2) is 0 Å². The van der Waals surface area contributed by atoms with Gasteiger partial charge >= 0.3 is 5.97 Å². The topological polar surface area (TPSA) is 104 Å². The molecule has 1 saturated carbocycles. The molecule has 1 amide bonds. The molecule has 7 heteroatoms. The van der Waals surface area contributed by atoms with Gasteiger partial charge in [-0.15, -0.1) is 10.2 Å². The number of aliphatic carboxylic acids is 1. The van der Waals surface area contributed by atoms with Crippen LogP contribution in [0.1, 0.15) is 43.1 Å². The number of hydrogen-bond acceptors (Lipinski definition) is 5. The summed E-state index contributed by atoms with van der Waals surface area (Å²) in [6.07, 6.45) is 3.06. The molecule has 0 aromatic carbocycles. The number of carboxylic acid groups (broad SMARTS) is 1. The first-order valence-corrected chi connectivity index (χ1v) is 7.12. The quantitative estimate of drug-likeness (QED) is 0.699. The third-order valence-corrected chi connectivity index (χ3v) is 3.82. The minimum Gasteiger partial charge on any atom is -0.481 e. The summed E-state index contributed by atoms with van der Waals surface area (Å²) >= 11 is 0. The Morgan fingerprint density at radius 1 is 1.33 bits per heavy atom. The lowest BCUT2D eigenvalue weighted by molar-refractivity contribution is -0.141. The fraction of sp³-hybridized carbons (Fsp3) is 0.571. The molecular formula is C14H20N4O3. The van der Waals surface area contributed by atoms with Crippen LogP contribution in [0, 0.1) is 5.41 Å². The number of rotatable bonds is 7. The molecule has 0 spiro atoms. The first-order valence-electron chi connectivity index (χ1n) is 7.12. The molecule has 1 heterocycles. The monoisotopic (exact) mass is 292 g/mol. The highest BCUT2D eigenvalue weighted by atomic mass is 16.4. The van der Waals surface area contributed by atoms with Crippen molar-refractivity contribution >= 4 is 17.7 Å². The molecule has 3 N–H and O–H groups in total. The van der Waals surface area contributed by atoms with Crippen LogP contribution in [0.3, 0.4) is 0 Å². The smallest absolute Gasteiger partial charge is 0.303 e. The Morgan fingerprint density at radius 2 is 2.10 bits per heavy atom. The number of nitrogens with one attached hydrogen (secondary N) is 2. The number of amides is 1. The van der Waals surface area contributed by atoms with Crippen LogP contribution in [-0.4, -0.2) is 40.3 Å². The summed E-state index contributed by atoms with van der Waals surface area (Å²) in [5.74, 6) is -0.466. The third kappa shape index (κ3) is 3.90. The average molecular weight is 292 g/mol. The van der Waals surface area contributed by atoms with Gasteiger partial charge in [-0.05, 0) is 37.3 Å². The largest absolute Gasteiger partial charge is 0.481 e. The highest BCUT2D eigenvalue weighted by Gasteiger charge is 2.38. The maximum atomic E-state index is 11.6. The normalized spacial score (nSPS) is 15.9. The average Bonchev–Trinajstić information content (AvgIpc) is 2.42. The Balaban J connectivity index is 1.91. The Kier molecular flexibility index (Phi) is 4.72. The fourth-order valence-electron chi connectivity index (χ4n) is 2.49. The van der Waals surface area contributed by atoms with E-state index in [9.17, 15) is 9.59 Å². The number of nitrogens with zero attached hydrogens (tertiary/aromatic N) is 2. The second-order valence-electron chi connectivity index (χ2n) is 5.44. The fourth-order valence-corrected chi connectivity index (χ4v) is 2.49. The van der Waals surface area contributed by atoms with Crippen LogP contribution in [0.25, 0.3) is 0 Å². The van der Waals surface area contributed by atoms with E-state index in [-0.39, 0.29) is 23.4 Å². The molecule has 0 aliphatic heterocycles. The van der Waals surface area contributed by atoms with E-state index in [1.165, 1.54) is 0 Å². The van der Waals surface area contributed by atoms with Crippen molar-refractivity contribution in [3.63, 3.8) is 0 Å². The first-order chi connectivity index (χ1) is 10.0. The first kappa shape index (κ1) is 15.2. The van der Waals surface area contributed by atoms with E-state index in [4.69, 9.17) is 5.11 Å². The molecule has 0 bridgehead atoms. The summed E-state index contributed by atoms with van der Waals surface area (Å²) in [7, 11) is 0. The maximum absolute atomic E-state index is 11.6. The van der Waals surface area contributed by atoms with Crippen LogP contribution in [-0.2, 0) is 4.79 Å². The van der Waals surface area contributed by atoms with E-state index in [2.05, 4.69) is 20.8 Å². The highest BCUT2D eigenvalue weighted by Crippen LogP contribution is 2.43. The number of hydrogen-bond donors (Lipinski definition) is 3. The SMILES string of the molecule is CCNC(=O)c1ccc(NCC2(CC(=O)O)CCC2)nn1. The zero-order valence-electron chi connectivity index (χ0n) is 12.1. The lowest BCUT2D eigenvalue weighted by Gasteiger charge is -2.40. The summed E-state index contributed by atoms with van der Waals surface area (Å²) in [4.78, 5) is 22.5. The van der Waals surface area contributed by atoms with Gasteiger partial charge in [0.25, 0.3) is 5.91 Å². The summed E-state index contributed by atoms with van der Waals surface area (Å²) in [5.41, 5.74) is 0.0949. The summed E-state index contributed by atoms with van der Waals surface area (Å²) in [6.45, 7) is 2.94. The molecule has 7 nitrogen and oxygen atoms in total. The molecule has 1 aromatic heterocycles. The van der Waals surface area contributed by atoms with Gasteiger partial charge in [0, 0.05) is 13.1 Å². The zero-order valence-corrected chi connectivity index (χ0v) is 12.1. The molecule has 0 unspecified atom stereocenters. The Hall–Kier alpha value is -2.18. The number of carbonyl (C=O) groups excluding carboxylic acids is 1. The zero-order chi connectivity index (χ0) is 15.3. The standard InChI is InChI=1S/C14H20N4O3/c1-2-15-13(21)10-4-5-11(18-17-10)16-9-14(6-3-7-14)8-12(19)20/h4-5H,2-3,6-9H2,1H3,(H,15,21)(H,16,18)(H,19,20). The van der Waals surface area contributed by atoms with Gasteiger partial charge in [0.1, 0.15) is 5.82 Å². The van der Waals surface area contributed by atoms with E-state index < -0.39 is 5.97 Å². The van der Waals surface area contributed by atoms with Crippen LogP contribution >= 0.6 is 0 Å². The molecule has 0 atom stereocenters. The van der Waals surface area contributed by atoms with Gasteiger partial charge in [0.2, 0.25) is 0 Å². The molecule has 0 saturated heterocycles. The Morgan fingerprint density at radius 3 is 2.57 bits per heavy atom. The van der Waals surface area contributed by atoms with E-state index in [1.807, 2.05) is 6.92 Å². The van der Waals surface area contributed by atoms with Gasteiger partial charge in [0.05, 0.1) is 6.42 Å². The van der Waals surface area contributed by atoms with Crippen LogP contribution in [0.5, 0.6) is 0 Å². The van der Waals surface area contributed by atoms with Crippen molar-refractivity contribution in [1.82, 2.24) is 15.5 Å². The van der Waals surface area contributed by atoms with E-state index in [1.54, 1.807) is 12.1 Å². The van der Waals surface area contributed by atoms with Crippen molar-refractivity contribution in [2.45, 2.75) is 32.6 Å².